The quantitative estimate of drug-likeness (QED) is 0.779. The molecule has 78 valence electrons. The lowest BCUT2D eigenvalue weighted by atomic mass is 10.1. The van der Waals surface area contributed by atoms with Crippen molar-refractivity contribution in [1.82, 2.24) is 9.78 Å². The molecular formula is C11H10BrClN2. The Morgan fingerprint density at radius 3 is 2.67 bits per heavy atom. The van der Waals surface area contributed by atoms with Gasteiger partial charge in [-0.2, -0.15) is 5.10 Å². The van der Waals surface area contributed by atoms with Crippen molar-refractivity contribution in [2.24, 2.45) is 7.05 Å². The van der Waals surface area contributed by atoms with E-state index in [2.05, 4.69) is 21.0 Å². The molecule has 4 heteroatoms. The van der Waals surface area contributed by atoms with Crippen molar-refractivity contribution in [3.8, 4) is 11.3 Å². The van der Waals surface area contributed by atoms with Gasteiger partial charge in [0.25, 0.3) is 0 Å². The van der Waals surface area contributed by atoms with Gasteiger partial charge in [0.1, 0.15) is 0 Å². The van der Waals surface area contributed by atoms with Crippen molar-refractivity contribution in [2.45, 2.75) is 6.92 Å². The van der Waals surface area contributed by atoms with Crippen LogP contribution < -0.4 is 0 Å². The highest BCUT2D eigenvalue weighted by molar-refractivity contribution is 9.10. The molecule has 0 aliphatic rings. The maximum absolute atomic E-state index is 6.20. The first-order valence-electron chi connectivity index (χ1n) is 4.53. The lowest BCUT2D eigenvalue weighted by Gasteiger charge is -2.06. The molecule has 0 saturated heterocycles. The number of benzene rings is 1. The lowest BCUT2D eigenvalue weighted by Crippen LogP contribution is -1.94. The highest BCUT2D eigenvalue weighted by Crippen LogP contribution is 2.33. The molecular weight excluding hydrogens is 275 g/mol. The van der Waals surface area contributed by atoms with E-state index in [4.69, 9.17) is 11.6 Å². The molecule has 0 N–H and O–H groups in total. The number of aryl methyl sites for hydroxylation is 2. The smallest absolute Gasteiger partial charge is 0.0836 e. The predicted octanol–water partition coefficient (Wildman–Crippen LogP) is 3.81. The van der Waals surface area contributed by atoms with Crippen LogP contribution in [0.15, 0.2) is 28.9 Å². The zero-order valence-corrected chi connectivity index (χ0v) is 10.8. The van der Waals surface area contributed by atoms with E-state index < -0.39 is 0 Å². The normalized spacial score (nSPS) is 10.7. The number of aromatic nitrogens is 2. The van der Waals surface area contributed by atoms with E-state index in [1.165, 1.54) is 0 Å². The topological polar surface area (TPSA) is 17.8 Å². The Balaban J connectivity index is 2.64. The maximum Gasteiger partial charge on any atom is 0.0836 e. The summed E-state index contributed by atoms with van der Waals surface area (Å²) in [6.45, 7) is 2.02. The first-order chi connectivity index (χ1) is 7.09. The van der Waals surface area contributed by atoms with Gasteiger partial charge in [0.2, 0.25) is 0 Å². The largest absolute Gasteiger partial charge is 0.267 e. The zero-order valence-electron chi connectivity index (χ0n) is 8.46. The van der Waals surface area contributed by atoms with Crippen LogP contribution in [0.5, 0.6) is 0 Å². The van der Waals surface area contributed by atoms with Gasteiger partial charge >= 0.3 is 0 Å². The molecule has 15 heavy (non-hydrogen) atoms. The average Bonchev–Trinajstić information content (AvgIpc) is 2.48. The zero-order chi connectivity index (χ0) is 11.0. The van der Waals surface area contributed by atoms with E-state index >= 15 is 0 Å². The predicted molar refractivity (Wildman–Crippen MR) is 66.1 cm³/mol. The maximum atomic E-state index is 6.20. The molecule has 0 fully saturated rings. The Hall–Kier alpha value is -0.800. The second-order valence-electron chi connectivity index (χ2n) is 3.45. The van der Waals surface area contributed by atoms with Gasteiger partial charge in [0.15, 0.2) is 0 Å². The van der Waals surface area contributed by atoms with Crippen LogP contribution in [0.3, 0.4) is 0 Å². The Morgan fingerprint density at radius 1 is 1.40 bits per heavy atom. The standard InChI is InChI=1S/C11H10BrClN2/c1-7-3-4-8(10(13)5-7)11-9(12)6-14-15(11)2/h3-6H,1-2H3. The van der Waals surface area contributed by atoms with E-state index in [1.807, 2.05) is 32.2 Å². The summed E-state index contributed by atoms with van der Waals surface area (Å²) in [4.78, 5) is 0. The van der Waals surface area contributed by atoms with Crippen molar-refractivity contribution < 1.29 is 0 Å². The minimum Gasteiger partial charge on any atom is -0.267 e. The molecule has 0 amide bonds. The van der Waals surface area contributed by atoms with Gasteiger partial charge < -0.3 is 0 Å². The minimum atomic E-state index is 0.749. The van der Waals surface area contributed by atoms with E-state index in [0.29, 0.717) is 0 Å². The van der Waals surface area contributed by atoms with Crippen LogP contribution in [-0.2, 0) is 7.05 Å². The first kappa shape index (κ1) is 10.7. The molecule has 0 spiro atoms. The van der Waals surface area contributed by atoms with Crippen molar-refractivity contribution in [2.75, 3.05) is 0 Å². The summed E-state index contributed by atoms with van der Waals surface area (Å²) >= 11 is 9.67. The van der Waals surface area contributed by atoms with Crippen LogP contribution in [0, 0.1) is 6.92 Å². The van der Waals surface area contributed by atoms with Crippen LogP contribution in [0.1, 0.15) is 5.56 Å². The fraction of sp³-hybridized carbons (Fsp3) is 0.182. The highest BCUT2D eigenvalue weighted by Gasteiger charge is 2.11. The molecule has 1 heterocycles. The molecule has 0 aliphatic heterocycles. The average molecular weight is 286 g/mol. The third kappa shape index (κ3) is 1.94. The SMILES string of the molecule is Cc1ccc(-c2c(Br)cnn2C)c(Cl)c1. The lowest BCUT2D eigenvalue weighted by molar-refractivity contribution is 0.775. The second-order valence-corrected chi connectivity index (χ2v) is 4.71. The van der Waals surface area contributed by atoms with Crippen molar-refractivity contribution in [3.05, 3.63) is 39.5 Å². The van der Waals surface area contributed by atoms with Crippen LogP contribution >= 0.6 is 27.5 Å². The summed E-state index contributed by atoms with van der Waals surface area (Å²) in [7, 11) is 1.90. The molecule has 2 rings (SSSR count). The molecule has 2 nitrogen and oxygen atoms in total. The van der Waals surface area contributed by atoms with E-state index in [-0.39, 0.29) is 0 Å². The van der Waals surface area contributed by atoms with Gasteiger partial charge in [-0.3, -0.25) is 4.68 Å². The number of nitrogens with zero attached hydrogens (tertiary/aromatic N) is 2. The van der Waals surface area contributed by atoms with Crippen LogP contribution in [-0.4, -0.2) is 9.78 Å². The van der Waals surface area contributed by atoms with Gasteiger partial charge in [-0.05, 0) is 34.5 Å². The van der Waals surface area contributed by atoms with Crippen LogP contribution in [0.25, 0.3) is 11.3 Å². The molecule has 0 bridgehead atoms. The molecule has 1 aromatic carbocycles. The highest BCUT2D eigenvalue weighted by atomic mass is 79.9. The summed E-state index contributed by atoms with van der Waals surface area (Å²) in [6.07, 6.45) is 1.77. The molecule has 2 aromatic rings. The molecule has 0 aliphatic carbocycles. The van der Waals surface area contributed by atoms with Crippen LogP contribution in [0.4, 0.5) is 0 Å². The monoisotopic (exact) mass is 284 g/mol. The Bertz CT molecular complexity index is 486. The summed E-state index contributed by atoms with van der Waals surface area (Å²) in [5, 5.41) is 4.92. The van der Waals surface area contributed by atoms with E-state index in [1.54, 1.807) is 10.9 Å². The van der Waals surface area contributed by atoms with Crippen LogP contribution in [0.2, 0.25) is 5.02 Å². The van der Waals surface area contributed by atoms with Gasteiger partial charge in [0, 0.05) is 12.6 Å². The number of hydrogen-bond acceptors (Lipinski definition) is 1. The summed E-state index contributed by atoms with van der Waals surface area (Å²) in [5.74, 6) is 0. The van der Waals surface area contributed by atoms with Gasteiger partial charge in [0.05, 0.1) is 21.4 Å². The second kappa shape index (κ2) is 3.99. The molecule has 1 aromatic heterocycles. The summed E-state index contributed by atoms with van der Waals surface area (Å²) in [6, 6.07) is 6.01. The summed E-state index contributed by atoms with van der Waals surface area (Å²) < 4.78 is 2.76. The molecule has 0 saturated carbocycles. The fourth-order valence-electron chi connectivity index (χ4n) is 1.53. The minimum absolute atomic E-state index is 0.749. The molecule has 0 atom stereocenters. The van der Waals surface area contributed by atoms with E-state index in [0.717, 1.165) is 26.3 Å². The van der Waals surface area contributed by atoms with Gasteiger partial charge in [-0.25, -0.2) is 0 Å². The first-order valence-corrected chi connectivity index (χ1v) is 5.70. The van der Waals surface area contributed by atoms with Gasteiger partial charge in [-0.1, -0.05) is 23.7 Å². The molecule has 0 radical (unpaired) electrons. The Morgan fingerprint density at radius 2 is 2.13 bits per heavy atom. The Kier molecular flexibility index (Phi) is 2.85. The van der Waals surface area contributed by atoms with Gasteiger partial charge in [-0.15, -0.1) is 0 Å². The number of rotatable bonds is 1. The third-order valence-corrected chi connectivity index (χ3v) is 3.17. The van der Waals surface area contributed by atoms with E-state index in [9.17, 15) is 0 Å². The van der Waals surface area contributed by atoms with Crippen molar-refractivity contribution >= 4 is 27.5 Å². The third-order valence-electron chi connectivity index (χ3n) is 2.27. The van der Waals surface area contributed by atoms with Crippen molar-refractivity contribution in [1.29, 1.82) is 0 Å². The fourth-order valence-corrected chi connectivity index (χ4v) is 2.41. The summed E-state index contributed by atoms with van der Waals surface area (Å²) in [5.41, 5.74) is 3.15. The van der Waals surface area contributed by atoms with Crippen molar-refractivity contribution in [3.63, 3.8) is 0 Å². The molecule has 0 unspecified atom stereocenters. The number of hydrogen-bond donors (Lipinski definition) is 0. The Labute approximate surface area is 102 Å². The number of halogens is 2.